The summed E-state index contributed by atoms with van der Waals surface area (Å²) in [5.41, 5.74) is 10.8. The van der Waals surface area contributed by atoms with E-state index in [4.69, 9.17) is 0 Å². The number of fused-ring (bicyclic) bond motifs is 7. The van der Waals surface area contributed by atoms with Crippen molar-refractivity contribution in [2.75, 3.05) is 0 Å². The molecule has 0 aliphatic carbocycles. The molecule has 10 aromatic carbocycles. The molecular formula is C54H35N. The lowest BCUT2D eigenvalue weighted by Gasteiger charge is -2.18. The number of hydrogen-bond donors (Lipinski definition) is 0. The van der Waals surface area contributed by atoms with Crippen molar-refractivity contribution < 1.29 is 0 Å². The van der Waals surface area contributed by atoms with Crippen LogP contribution >= 0.6 is 0 Å². The van der Waals surface area contributed by atoms with Crippen molar-refractivity contribution in [1.82, 2.24) is 4.57 Å². The normalized spacial score (nSPS) is 11.6. The lowest BCUT2D eigenvalue weighted by molar-refractivity contribution is 1.10. The summed E-state index contributed by atoms with van der Waals surface area (Å²) >= 11 is 0. The Labute approximate surface area is 320 Å². The van der Waals surface area contributed by atoms with Gasteiger partial charge in [0.1, 0.15) is 0 Å². The Kier molecular flexibility index (Phi) is 7.25. The van der Waals surface area contributed by atoms with Gasteiger partial charge < -0.3 is 4.57 Å². The SMILES string of the molecule is c1ccc(-n2c(-c3ccc(-c4cc5ccccc5c5ccccc45)cc3)ccc2-c2ccc(-c3cc4ccccc4c4ccccc34)c3ccccc23)cc1. The van der Waals surface area contributed by atoms with Crippen LogP contribution < -0.4 is 0 Å². The van der Waals surface area contributed by atoms with Gasteiger partial charge in [0.2, 0.25) is 0 Å². The van der Waals surface area contributed by atoms with E-state index in [1.54, 1.807) is 0 Å². The molecule has 0 N–H and O–H groups in total. The fourth-order valence-electron chi connectivity index (χ4n) is 8.88. The molecule has 0 fully saturated rings. The number of aromatic nitrogens is 1. The Hall–Kier alpha value is -7.22. The number of nitrogens with zero attached hydrogens (tertiary/aromatic N) is 1. The average Bonchev–Trinajstić information content (AvgIpc) is 3.71. The van der Waals surface area contributed by atoms with Crippen LogP contribution in [0.1, 0.15) is 0 Å². The second-order valence-corrected chi connectivity index (χ2v) is 14.4. The molecule has 1 aromatic heterocycles. The monoisotopic (exact) mass is 697 g/mol. The average molecular weight is 698 g/mol. The number of para-hydroxylation sites is 1. The molecule has 1 nitrogen and oxygen atoms in total. The Balaban J connectivity index is 1.07. The molecule has 0 unspecified atom stereocenters. The van der Waals surface area contributed by atoms with Crippen molar-refractivity contribution >= 4 is 53.9 Å². The molecule has 0 saturated heterocycles. The van der Waals surface area contributed by atoms with Gasteiger partial charge in [-0.2, -0.15) is 0 Å². The summed E-state index contributed by atoms with van der Waals surface area (Å²) in [6, 6.07) is 77.7. The molecule has 0 radical (unpaired) electrons. The van der Waals surface area contributed by atoms with E-state index in [0.717, 1.165) is 17.1 Å². The van der Waals surface area contributed by atoms with Crippen molar-refractivity contribution in [1.29, 1.82) is 0 Å². The first-order valence-corrected chi connectivity index (χ1v) is 19.0. The quantitative estimate of drug-likeness (QED) is 0.158. The van der Waals surface area contributed by atoms with Gasteiger partial charge in [0.15, 0.2) is 0 Å². The molecule has 55 heavy (non-hydrogen) atoms. The van der Waals surface area contributed by atoms with E-state index in [0.29, 0.717) is 0 Å². The van der Waals surface area contributed by atoms with Gasteiger partial charge in [-0.15, -0.1) is 0 Å². The zero-order chi connectivity index (χ0) is 36.3. The van der Waals surface area contributed by atoms with E-state index >= 15 is 0 Å². The number of hydrogen-bond acceptors (Lipinski definition) is 0. The van der Waals surface area contributed by atoms with E-state index < -0.39 is 0 Å². The largest absolute Gasteiger partial charge is 0.309 e. The second kappa shape index (κ2) is 12.7. The lowest BCUT2D eigenvalue weighted by atomic mass is 9.89. The Morgan fingerprint density at radius 1 is 0.236 bits per heavy atom. The van der Waals surface area contributed by atoms with E-state index in [1.807, 2.05) is 0 Å². The van der Waals surface area contributed by atoms with E-state index in [1.165, 1.54) is 87.2 Å². The van der Waals surface area contributed by atoms with Crippen molar-refractivity contribution in [2.45, 2.75) is 0 Å². The maximum absolute atomic E-state index is 2.42. The lowest BCUT2D eigenvalue weighted by Crippen LogP contribution is -2.00. The highest BCUT2D eigenvalue weighted by atomic mass is 15.0. The van der Waals surface area contributed by atoms with Gasteiger partial charge in [0, 0.05) is 11.3 Å². The van der Waals surface area contributed by atoms with Crippen molar-refractivity contribution in [3.8, 4) is 50.5 Å². The molecule has 11 aromatic rings. The summed E-state index contributed by atoms with van der Waals surface area (Å²) in [4.78, 5) is 0. The fraction of sp³-hybridized carbons (Fsp3) is 0. The highest BCUT2D eigenvalue weighted by molar-refractivity contribution is 6.17. The summed E-state index contributed by atoms with van der Waals surface area (Å²) in [6.07, 6.45) is 0. The standard InChI is InChI=1S/C54H35N/c1-2-16-40(17-3-1)55-53(37-28-26-36(27-29-37)51-34-38-14-4-6-18-41(38)43-20-8-12-24-47(43)51)32-33-54(55)50-31-30-49(45-22-10-11-23-46(45)50)52-35-39-15-5-7-19-42(39)44-21-9-13-25-48(44)52/h1-35H. The number of rotatable bonds is 5. The van der Waals surface area contributed by atoms with Crippen LogP contribution in [0, 0.1) is 0 Å². The maximum atomic E-state index is 2.42. The highest BCUT2D eigenvalue weighted by Gasteiger charge is 2.19. The molecule has 0 aliphatic heterocycles. The van der Waals surface area contributed by atoms with E-state index in [9.17, 15) is 0 Å². The minimum absolute atomic E-state index is 1.13. The van der Waals surface area contributed by atoms with Crippen LogP contribution in [0.4, 0.5) is 0 Å². The minimum atomic E-state index is 1.13. The minimum Gasteiger partial charge on any atom is -0.309 e. The first-order chi connectivity index (χ1) is 27.3. The van der Waals surface area contributed by atoms with Gasteiger partial charge in [0.25, 0.3) is 0 Å². The number of benzene rings is 10. The van der Waals surface area contributed by atoms with Gasteiger partial charge in [0.05, 0.1) is 11.4 Å². The van der Waals surface area contributed by atoms with Gasteiger partial charge >= 0.3 is 0 Å². The van der Waals surface area contributed by atoms with Crippen LogP contribution in [0.3, 0.4) is 0 Å². The molecule has 0 amide bonds. The molecule has 0 saturated carbocycles. The first-order valence-electron chi connectivity index (χ1n) is 19.0. The molecule has 0 bridgehead atoms. The zero-order valence-corrected chi connectivity index (χ0v) is 30.2. The summed E-state index contributed by atoms with van der Waals surface area (Å²) in [5, 5.41) is 12.7. The summed E-state index contributed by atoms with van der Waals surface area (Å²) in [7, 11) is 0. The van der Waals surface area contributed by atoms with Gasteiger partial charge in [-0.05, 0) is 118 Å². The van der Waals surface area contributed by atoms with Crippen molar-refractivity contribution in [2.24, 2.45) is 0 Å². The van der Waals surface area contributed by atoms with Gasteiger partial charge in [-0.25, -0.2) is 0 Å². The molecular weight excluding hydrogens is 663 g/mol. The third-order valence-corrected chi connectivity index (χ3v) is 11.4. The molecule has 11 rings (SSSR count). The predicted octanol–water partition coefficient (Wildman–Crippen LogP) is 14.9. The topological polar surface area (TPSA) is 4.93 Å². The Morgan fingerprint density at radius 2 is 0.655 bits per heavy atom. The van der Waals surface area contributed by atoms with Crippen LogP contribution in [0.2, 0.25) is 0 Å². The second-order valence-electron chi connectivity index (χ2n) is 14.4. The molecule has 0 aliphatic rings. The molecule has 1 heteroatoms. The third kappa shape index (κ3) is 5.09. The Bertz CT molecular complexity index is 3240. The van der Waals surface area contributed by atoms with Gasteiger partial charge in [-0.3, -0.25) is 0 Å². The van der Waals surface area contributed by atoms with Gasteiger partial charge in [-0.1, -0.05) is 176 Å². The highest BCUT2D eigenvalue weighted by Crippen LogP contribution is 2.43. The maximum Gasteiger partial charge on any atom is 0.0541 e. The molecule has 0 spiro atoms. The van der Waals surface area contributed by atoms with Crippen molar-refractivity contribution in [3.63, 3.8) is 0 Å². The summed E-state index contributed by atoms with van der Waals surface area (Å²) in [6.45, 7) is 0. The molecule has 256 valence electrons. The van der Waals surface area contributed by atoms with E-state index in [-0.39, 0.29) is 0 Å². The van der Waals surface area contributed by atoms with Crippen LogP contribution in [-0.4, -0.2) is 4.57 Å². The van der Waals surface area contributed by atoms with Crippen LogP contribution in [-0.2, 0) is 0 Å². The fourth-order valence-corrected chi connectivity index (χ4v) is 8.88. The Morgan fingerprint density at radius 3 is 1.27 bits per heavy atom. The van der Waals surface area contributed by atoms with E-state index in [2.05, 4.69) is 217 Å². The first kappa shape index (κ1) is 31.3. The van der Waals surface area contributed by atoms with Crippen LogP contribution in [0.15, 0.2) is 212 Å². The summed E-state index contributed by atoms with van der Waals surface area (Å²) < 4.78 is 2.42. The van der Waals surface area contributed by atoms with Crippen molar-refractivity contribution in [3.05, 3.63) is 212 Å². The smallest absolute Gasteiger partial charge is 0.0541 e. The molecule has 1 heterocycles. The van der Waals surface area contributed by atoms with Crippen LogP contribution in [0.5, 0.6) is 0 Å². The molecule has 0 atom stereocenters. The third-order valence-electron chi connectivity index (χ3n) is 11.4. The van der Waals surface area contributed by atoms with Crippen LogP contribution in [0.25, 0.3) is 104 Å². The summed E-state index contributed by atoms with van der Waals surface area (Å²) in [5.74, 6) is 0. The zero-order valence-electron chi connectivity index (χ0n) is 30.2. The predicted molar refractivity (Wildman–Crippen MR) is 235 cm³/mol.